The quantitative estimate of drug-likeness (QED) is 0.0889. The summed E-state index contributed by atoms with van der Waals surface area (Å²) in [6.45, 7) is 20.5. The van der Waals surface area contributed by atoms with Gasteiger partial charge in [0.25, 0.3) is 30.1 Å². The van der Waals surface area contributed by atoms with Gasteiger partial charge in [0.2, 0.25) is 0 Å². The lowest BCUT2D eigenvalue weighted by Crippen LogP contribution is -2.49. The zero-order valence-electron chi connectivity index (χ0n) is 76.1. The Kier molecular flexibility index (Phi) is 29.0. The van der Waals surface area contributed by atoms with E-state index in [1.807, 2.05) is 29.9 Å². The number of Topliss-reactive ketones (excluding diaryl/α,β-unsaturated/α-hetero) is 1. The predicted octanol–water partition coefficient (Wildman–Crippen LogP) is 15.9. The summed E-state index contributed by atoms with van der Waals surface area (Å²) in [6, 6.07) is 33.6. The number of nitrogens with one attached hydrogen (secondary N) is 1. The molecule has 0 bridgehead atoms. The number of carbonyl (C=O) groups is 1. The van der Waals surface area contributed by atoms with Crippen LogP contribution in [0.4, 0.5) is 0 Å². The number of ketones is 1. The van der Waals surface area contributed by atoms with E-state index in [1.54, 1.807) is 138 Å². The van der Waals surface area contributed by atoms with Crippen molar-refractivity contribution in [3.05, 3.63) is 194 Å². The van der Waals surface area contributed by atoms with E-state index in [0.717, 1.165) is 226 Å². The molecule has 9 fully saturated rings. The summed E-state index contributed by atoms with van der Waals surface area (Å²) in [7, 11) is 1.61. The molecule has 690 valence electrons. The van der Waals surface area contributed by atoms with Gasteiger partial charge in [0.05, 0.1) is 46.8 Å². The molecule has 130 heavy (non-hydrogen) atoms. The van der Waals surface area contributed by atoms with Crippen LogP contribution in [0.2, 0.25) is 0 Å². The van der Waals surface area contributed by atoms with Crippen LogP contribution in [0.25, 0.3) is 66.9 Å². The van der Waals surface area contributed by atoms with Crippen LogP contribution in [0.15, 0.2) is 177 Å². The van der Waals surface area contributed by atoms with Gasteiger partial charge in [0.15, 0.2) is 16.9 Å². The van der Waals surface area contributed by atoms with Crippen molar-refractivity contribution in [3.8, 4) is 33.8 Å². The van der Waals surface area contributed by atoms with E-state index < -0.39 is 30.1 Å². The second kappa shape index (κ2) is 40.9. The topological polar surface area (TPSA) is 250 Å². The van der Waals surface area contributed by atoms with Gasteiger partial charge in [0, 0.05) is 207 Å². The van der Waals surface area contributed by atoms with Crippen molar-refractivity contribution in [3.63, 3.8) is 0 Å². The van der Waals surface area contributed by atoms with Crippen molar-refractivity contribution in [2.24, 2.45) is 0 Å². The minimum atomic E-state index is -3.84. The Balaban J connectivity index is 0.000000126. The number of likely N-dealkylation sites (tertiary alicyclic amines) is 3. The first-order valence-electron chi connectivity index (χ1n) is 47.2. The van der Waals surface area contributed by atoms with E-state index in [-0.39, 0.29) is 20.6 Å². The first-order valence-corrected chi connectivity index (χ1v) is 54.1. The maximum absolute atomic E-state index is 13.9. The fraction of sp³-hybridized carbons (Fsp3) is 0.505. The van der Waals surface area contributed by atoms with Crippen molar-refractivity contribution >= 4 is 103 Å². The lowest BCUT2D eigenvalue weighted by Gasteiger charge is -2.41. The SMILES string of the molecule is CN1CCC(c2nc(-c3cn(S(=O)(=O)c4ccccc4)c4ncc(C5CCC(=O)CC5)cc34)cs2)CC1.CN1CCC(c2nc(-c3cn(S(=O)(=O)c4ccccc4)c4ncc(C5CCC(N6CCN(C)CC6)CC5)cc34)cs2)CC1.CN1CCC(c2nc(-c3cn(S(=O)(=O)c4ccccc4)c4ncc(C5CCC(N6CCN(C)CC6)CC5)cc34)cs2)CC1.CN1CCNCC1. The number of piperidine rings is 3. The molecule has 3 saturated carbocycles. The molecule has 3 aromatic carbocycles. The number of thiazole rings is 3. The molecular weight excluding hydrogens is 1750 g/mol. The van der Waals surface area contributed by atoms with Crippen LogP contribution in [-0.2, 0) is 34.9 Å². The lowest BCUT2D eigenvalue weighted by molar-refractivity contribution is -0.120. The number of fused-ring (bicyclic) bond motifs is 3. The summed E-state index contributed by atoms with van der Waals surface area (Å²) in [4.78, 5) is 61.8. The lowest BCUT2D eigenvalue weighted by atomic mass is 9.81. The summed E-state index contributed by atoms with van der Waals surface area (Å²) in [5.74, 6) is 2.79. The van der Waals surface area contributed by atoms with E-state index in [1.165, 1.54) is 88.0 Å². The van der Waals surface area contributed by atoms with Gasteiger partial charge in [-0.1, -0.05) is 54.6 Å². The third-order valence-corrected chi connectivity index (χ3v) is 37.2. The molecule has 15 heterocycles. The van der Waals surface area contributed by atoms with Gasteiger partial charge in [-0.2, -0.15) is 0 Å². The minimum absolute atomic E-state index is 0.223. The number of carbonyl (C=O) groups excluding carboxylic acids is 1. The first kappa shape index (κ1) is 92.2. The van der Waals surface area contributed by atoms with E-state index in [9.17, 15) is 30.0 Å². The molecule has 0 atom stereocenters. The number of pyridine rings is 3. The average Bonchev–Trinajstić information content (AvgIpc) is 1.60. The molecular formula is C99H126N18O7S6. The summed E-state index contributed by atoms with van der Waals surface area (Å²) in [5, 5.41) is 15.5. The molecule has 6 saturated heterocycles. The highest BCUT2D eigenvalue weighted by atomic mass is 32.2. The zero-order chi connectivity index (χ0) is 89.8. The molecule has 0 amide bonds. The number of benzene rings is 3. The number of piperazine rings is 3. The molecule has 25 nitrogen and oxygen atoms in total. The molecule has 0 radical (unpaired) electrons. The van der Waals surface area contributed by atoms with Crippen LogP contribution in [0.3, 0.4) is 0 Å². The standard InChI is InChI=1S/2C33H42N6O2S2.C28H30N4O3S2.C5H12N2/c2*1-36-14-12-25(13-15-36)33-35-31(23-42-33)30-22-39(43(40,41)28-6-4-3-5-7-28)32-29(30)20-26(21-34-32)24-8-10-27(11-9-24)38-18-16-37(2)17-19-38;1-31-13-11-20(12-14-31)28-30-26(18-36-28)25-17-32(37(34,35)23-5-3-2-4-6-23)27-24(25)15-21(16-29-27)19-7-9-22(33)10-8-19;1-7-4-2-6-3-5-7/h2*3-7,20-25,27H,8-19H2,1-2H3;2-6,15-20H,7-14H2,1H3;6H,2-5H2,1H3. The molecule has 1 N–H and O–H groups in total. The van der Waals surface area contributed by atoms with Crippen LogP contribution in [-0.4, -0.2) is 284 Å². The highest BCUT2D eigenvalue weighted by Crippen LogP contribution is 2.46. The normalized spacial score (nSPS) is 22.3. The maximum Gasteiger partial charge on any atom is 0.269 e. The molecule has 0 unspecified atom stereocenters. The smallest absolute Gasteiger partial charge is 0.269 e. The molecule has 9 aliphatic rings. The molecule has 9 aromatic heterocycles. The Morgan fingerprint density at radius 3 is 0.885 bits per heavy atom. The third-order valence-electron chi connectivity index (χ3n) is 29.2. The van der Waals surface area contributed by atoms with Crippen LogP contribution in [0.5, 0.6) is 0 Å². The molecule has 0 spiro atoms. The highest BCUT2D eigenvalue weighted by molar-refractivity contribution is 7.90. The average molecular weight is 1870 g/mol. The van der Waals surface area contributed by atoms with Gasteiger partial charge in [0.1, 0.15) is 5.78 Å². The van der Waals surface area contributed by atoms with Gasteiger partial charge < -0.3 is 34.7 Å². The molecule has 12 aromatic rings. The summed E-state index contributed by atoms with van der Waals surface area (Å²) in [6.07, 6.45) is 29.6. The second-order valence-corrected chi connectivity index (χ2v) is 46.0. The summed E-state index contributed by atoms with van der Waals surface area (Å²) in [5.41, 5.74) is 9.82. The Morgan fingerprint density at radius 2 is 0.600 bits per heavy atom. The maximum atomic E-state index is 13.9. The second-order valence-electron chi connectivity index (χ2n) is 37.9. The van der Waals surface area contributed by atoms with Gasteiger partial charge in [-0.05, 0) is 273 Å². The first-order chi connectivity index (χ1) is 63.0. The largest absolute Gasteiger partial charge is 0.314 e. The number of likely N-dealkylation sites (N-methyl/N-ethyl adjacent to an activating group) is 3. The monoisotopic (exact) mass is 1870 g/mol. The molecule has 31 heteroatoms. The summed E-state index contributed by atoms with van der Waals surface area (Å²) >= 11 is 5.07. The number of hydrogen-bond donors (Lipinski definition) is 1. The Morgan fingerprint density at radius 1 is 0.323 bits per heavy atom. The number of aromatic nitrogens is 9. The van der Waals surface area contributed by atoms with Gasteiger partial charge >= 0.3 is 0 Å². The van der Waals surface area contributed by atoms with Crippen LogP contribution in [0.1, 0.15) is 183 Å². The fourth-order valence-electron chi connectivity index (χ4n) is 20.8. The van der Waals surface area contributed by atoms with Gasteiger partial charge in [-0.15, -0.1) is 34.0 Å². The number of hydrogen-bond acceptors (Lipinski definition) is 25. The van der Waals surface area contributed by atoms with E-state index in [4.69, 9.17) is 24.9 Å². The Labute approximate surface area is 779 Å². The van der Waals surface area contributed by atoms with E-state index >= 15 is 0 Å². The molecule has 3 aliphatic carbocycles. The van der Waals surface area contributed by atoms with Crippen LogP contribution in [0, 0.1) is 0 Å². The predicted molar refractivity (Wildman–Crippen MR) is 523 cm³/mol. The highest BCUT2D eigenvalue weighted by Gasteiger charge is 2.36. The van der Waals surface area contributed by atoms with Crippen molar-refractivity contribution in [2.75, 3.05) is 160 Å². The van der Waals surface area contributed by atoms with Gasteiger partial charge in [-0.25, -0.2) is 67.1 Å². The van der Waals surface area contributed by atoms with Crippen molar-refractivity contribution in [1.29, 1.82) is 0 Å². The van der Waals surface area contributed by atoms with E-state index in [2.05, 4.69) is 121 Å². The summed E-state index contributed by atoms with van der Waals surface area (Å²) < 4.78 is 86.8. The number of nitrogens with zero attached hydrogens (tertiary/aromatic N) is 17. The number of rotatable bonds is 17. The van der Waals surface area contributed by atoms with Crippen LogP contribution >= 0.6 is 34.0 Å². The fourth-order valence-corrected chi connectivity index (χ4v) is 27.8. The third kappa shape index (κ3) is 20.7. The zero-order valence-corrected chi connectivity index (χ0v) is 81.0. The van der Waals surface area contributed by atoms with Crippen molar-refractivity contribution < 1.29 is 30.0 Å². The Hall–Kier alpha value is -8.22. The molecule has 6 aliphatic heterocycles. The van der Waals surface area contributed by atoms with Crippen molar-refractivity contribution in [1.82, 2.24) is 86.3 Å². The van der Waals surface area contributed by atoms with Gasteiger partial charge in [-0.3, -0.25) is 14.6 Å². The van der Waals surface area contributed by atoms with Crippen LogP contribution < -0.4 is 5.32 Å². The van der Waals surface area contributed by atoms with E-state index in [0.29, 0.717) is 77.2 Å². The minimum Gasteiger partial charge on any atom is -0.314 e. The Bertz CT molecular complexity index is 5940. The van der Waals surface area contributed by atoms with Crippen molar-refractivity contribution in [2.45, 2.75) is 178 Å². The molecule has 21 rings (SSSR count).